The fraction of sp³-hybridized carbons (Fsp3) is 0.611. The van der Waals surface area contributed by atoms with Gasteiger partial charge < -0.3 is 11.1 Å². The number of amides is 1. The molecule has 1 amide bonds. The van der Waals surface area contributed by atoms with E-state index in [2.05, 4.69) is 10.0 Å². The fourth-order valence-corrected chi connectivity index (χ4v) is 4.34. The summed E-state index contributed by atoms with van der Waals surface area (Å²) in [6.07, 6.45) is 1.27. The number of carbonyl (C=O) groups is 1. The van der Waals surface area contributed by atoms with E-state index < -0.39 is 21.0 Å². The number of carbonyl (C=O) groups excluding carboxylic acids is 1. The van der Waals surface area contributed by atoms with Gasteiger partial charge in [0, 0.05) is 18.6 Å². The molecule has 0 fully saturated rings. The molecule has 150 valence electrons. The molecule has 0 spiro atoms. The first kappa shape index (κ1) is 24.8. The van der Waals surface area contributed by atoms with Crippen LogP contribution in [0.5, 0.6) is 0 Å². The Morgan fingerprint density at radius 1 is 1.12 bits per heavy atom. The van der Waals surface area contributed by atoms with Crippen molar-refractivity contribution < 1.29 is 13.2 Å². The van der Waals surface area contributed by atoms with Gasteiger partial charge in [-0.25, -0.2) is 13.1 Å². The zero-order chi connectivity index (χ0) is 19.3. The molecule has 0 aromatic heterocycles. The highest BCUT2D eigenvalue weighted by Gasteiger charge is 2.33. The maximum absolute atomic E-state index is 12.6. The Labute approximate surface area is 163 Å². The van der Waals surface area contributed by atoms with Gasteiger partial charge in [-0.2, -0.15) is 0 Å². The van der Waals surface area contributed by atoms with E-state index in [1.807, 2.05) is 13.8 Å². The molecule has 4 N–H and O–H groups in total. The summed E-state index contributed by atoms with van der Waals surface area (Å²) in [5.41, 5.74) is 5.14. The topological polar surface area (TPSA) is 101 Å². The molecule has 0 aliphatic rings. The molecule has 26 heavy (non-hydrogen) atoms. The lowest BCUT2D eigenvalue weighted by atomic mass is 9.81. The third-order valence-electron chi connectivity index (χ3n) is 4.37. The SMILES string of the molecule is CCC(CC)(CN)C(=O)NCc1ccccc1S(=O)(=O)NC(C)(C)C.Cl. The standard InChI is InChI=1S/C18H31N3O3S.ClH/c1-6-18(7-2,13-19)16(22)20-12-14-10-8-9-11-15(14)25(23,24)21-17(3,4)5;/h8-11,21H,6-7,12-13,19H2,1-5H3,(H,20,22);1H. The predicted molar refractivity (Wildman–Crippen MR) is 108 cm³/mol. The Bertz CT molecular complexity index is 688. The van der Waals surface area contributed by atoms with Crippen LogP contribution in [0.2, 0.25) is 0 Å². The van der Waals surface area contributed by atoms with Crippen molar-refractivity contribution in [3.8, 4) is 0 Å². The lowest BCUT2D eigenvalue weighted by Crippen LogP contribution is -2.45. The summed E-state index contributed by atoms with van der Waals surface area (Å²) in [6.45, 7) is 9.62. The van der Waals surface area contributed by atoms with Crippen LogP contribution in [0, 0.1) is 5.41 Å². The van der Waals surface area contributed by atoms with E-state index in [1.165, 1.54) is 0 Å². The number of hydrogen-bond acceptors (Lipinski definition) is 4. The summed E-state index contributed by atoms with van der Waals surface area (Å²) in [7, 11) is -3.67. The molecule has 6 nitrogen and oxygen atoms in total. The summed E-state index contributed by atoms with van der Waals surface area (Å²) in [5, 5.41) is 2.86. The summed E-state index contributed by atoms with van der Waals surface area (Å²) >= 11 is 0. The molecular weight excluding hydrogens is 374 g/mol. The molecule has 0 aliphatic heterocycles. The average molecular weight is 406 g/mol. The van der Waals surface area contributed by atoms with Crippen LogP contribution in [-0.2, 0) is 21.4 Å². The molecule has 1 aromatic carbocycles. The molecule has 0 atom stereocenters. The minimum atomic E-state index is -3.67. The number of hydrogen-bond donors (Lipinski definition) is 3. The number of nitrogens with two attached hydrogens (primary N) is 1. The van der Waals surface area contributed by atoms with Crippen molar-refractivity contribution >= 4 is 28.3 Å². The summed E-state index contributed by atoms with van der Waals surface area (Å²) in [4.78, 5) is 12.7. The zero-order valence-electron chi connectivity index (χ0n) is 16.3. The second kappa shape index (κ2) is 9.69. The van der Waals surface area contributed by atoms with Gasteiger partial charge >= 0.3 is 0 Å². The average Bonchev–Trinajstić information content (AvgIpc) is 2.53. The Morgan fingerprint density at radius 2 is 1.65 bits per heavy atom. The predicted octanol–water partition coefficient (Wildman–Crippen LogP) is 2.57. The Morgan fingerprint density at radius 3 is 2.12 bits per heavy atom. The summed E-state index contributed by atoms with van der Waals surface area (Å²) in [5.74, 6) is -0.143. The van der Waals surface area contributed by atoms with Crippen molar-refractivity contribution in [1.29, 1.82) is 0 Å². The van der Waals surface area contributed by atoms with Crippen molar-refractivity contribution in [2.45, 2.75) is 64.4 Å². The maximum Gasteiger partial charge on any atom is 0.241 e. The Balaban J connectivity index is 0.00000625. The summed E-state index contributed by atoms with van der Waals surface area (Å²) < 4.78 is 27.9. The van der Waals surface area contributed by atoms with E-state index in [9.17, 15) is 13.2 Å². The first-order valence-electron chi connectivity index (χ1n) is 8.61. The lowest BCUT2D eigenvalue weighted by Gasteiger charge is -2.28. The molecule has 0 bridgehead atoms. The van der Waals surface area contributed by atoms with E-state index in [1.54, 1.807) is 45.0 Å². The smallest absolute Gasteiger partial charge is 0.241 e. The molecule has 0 saturated carbocycles. The van der Waals surface area contributed by atoms with Gasteiger partial charge in [0.1, 0.15) is 0 Å². The highest BCUT2D eigenvalue weighted by molar-refractivity contribution is 7.89. The number of halogens is 1. The lowest BCUT2D eigenvalue weighted by molar-refractivity contribution is -0.131. The first-order chi connectivity index (χ1) is 11.5. The van der Waals surface area contributed by atoms with Crippen LogP contribution in [0.4, 0.5) is 0 Å². The van der Waals surface area contributed by atoms with E-state index in [4.69, 9.17) is 5.73 Å². The van der Waals surface area contributed by atoms with Crippen molar-refractivity contribution in [3.63, 3.8) is 0 Å². The zero-order valence-corrected chi connectivity index (χ0v) is 17.9. The summed E-state index contributed by atoms with van der Waals surface area (Å²) in [6, 6.07) is 6.68. The minimum absolute atomic E-state index is 0. The van der Waals surface area contributed by atoms with Crippen LogP contribution >= 0.6 is 12.4 Å². The van der Waals surface area contributed by atoms with Gasteiger partial charge in [-0.3, -0.25) is 4.79 Å². The maximum atomic E-state index is 12.6. The third-order valence-corrected chi connectivity index (χ3v) is 6.23. The third kappa shape index (κ3) is 6.23. The van der Waals surface area contributed by atoms with E-state index in [-0.39, 0.29) is 36.3 Å². The molecule has 0 radical (unpaired) electrons. The van der Waals surface area contributed by atoms with Crippen LogP contribution < -0.4 is 15.8 Å². The fourth-order valence-electron chi connectivity index (χ4n) is 2.69. The van der Waals surface area contributed by atoms with Gasteiger partial charge in [-0.05, 0) is 45.2 Å². The Hall–Kier alpha value is -1.15. The van der Waals surface area contributed by atoms with Crippen molar-refractivity contribution in [3.05, 3.63) is 29.8 Å². The quantitative estimate of drug-likeness (QED) is 0.618. The number of nitrogens with one attached hydrogen (secondary N) is 2. The minimum Gasteiger partial charge on any atom is -0.351 e. The van der Waals surface area contributed by atoms with E-state index in [0.717, 1.165) is 0 Å². The van der Waals surface area contributed by atoms with Gasteiger partial charge in [-0.1, -0.05) is 32.0 Å². The molecular formula is C18H32ClN3O3S. The highest BCUT2D eigenvalue weighted by atomic mass is 35.5. The molecule has 0 unspecified atom stereocenters. The second-order valence-electron chi connectivity index (χ2n) is 7.34. The van der Waals surface area contributed by atoms with Gasteiger partial charge in [0.2, 0.25) is 15.9 Å². The van der Waals surface area contributed by atoms with Crippen molar-refractivity contribution in [2.75, 3.05) is 6.54 Å². The second-order valence-corrected chi connectivity index (χ2v) is 8.99. The van der Waals surface area contributed by atoms with Crippen molar-refractivity contribution in [2.24, 2.45) is 11.1 Å². The Kier molecular flexibility index (Phi) is 9.26. The van der Waals surface area contributed by atoms with Crippen LogP contribution in [0.3, 0.4) is 0 Å². The highest BCUT2D eigenvalue weighted by Crippen LogP contribution is 2.25. The van der Waals surface area contributed by atoms with Crippen LogP contribution in [0.1, 0.15) is 53.0 Å². The van der Waals surface area contributed by atoms with Crippen LogP contribution in [0.15, 0.2) is 29.2 Å². The molecule has 1 aromatic rings. The molecule has 0 heterocycles. The van der Waals surface area contributed by atoms with Gasteiger partial charge in [0.05, 0.1) is 10.3 Å². The molecule has 1 rings (SSSR count). The number of sulfonamides is 1. The molecule has 0 aliphatic carbocycles. The molecule has 8 heteroatoms. The number of rotatable bonds is 8. The first-order valence-corrected chi connectivity index (χ1v) is 10.1. The van der Waals surface area contributed by atoms with Gasteiger partial charge in [0.25, 0.3) is 0 Å². The van der Waals surface area contributed by atoms with E-state index >= 15 is 0 Å². The largest absolute Gasteiger partial charge is 0.351 e. The number of benzene rings is 1. The molecule has 0 saturated heterocycles. The van der Waals surface area contributed by atoms with Crippen LogP contribution in [-0.4, -0.2) is 26.4 Å². The van der Waals surface area contributed by atoms with Gasteiger partial charge in [-0.15, -0.1) is 12.4 Å². The van der Waals surface area contributed by atoms with Crippen molar-refractivity contribution in [1.82, 2.24) is 10.0 Å². The van der Waals surface area contributed by atoms with Gasteiger partial charge in [0.15, 0.2) is 0 Å². The normalized spacial score (nSPS) is 12.4. The van der Waals surface area contributed by atoms with E-state index in [0.29, 0.717) is 18.4 Å². The van der Waals surface area contributed by atoms with Crippen LogP contribution in [0.25, 0.3) is 0 Å². The monoisotopic (exact) mass is 405 g/mol.